The van der Waals surface area contributed by atoms with Gasteiger partial charge in [-0.2, -0.15) is 5.26 Å². The van der Waals surface area contributed by atoms with E-state index in [2.05, 4.69) is 73.8 Å². The second-order valence-electron chi connectivity index (χ2n) is 9.26. The molecule has 0 aromatic heterocycles. The summed E-state index contributed by atoms with van der Waals surface area (Å²) in [6.07, 6.45) is 3.46. The molecule has 0 aliphatic carbocycles. The number of nitriles is 1. The SMILES string of the molecule is CC(C#N)(/C=C/O[Si](C)(C)C(C)(C)C)O[Si](C)(C)C(C)(C)C. The molecule has 0 aliphatic rings. The summed E-state index contributed by atoms with van der Waals surface area (Å²) in [4.78, 5) is 0. The lowest BCUT2D eigenvalue weighted by atomic mass is 10.1. The highest BCUT2D eigenvalue weighted by Gasteiger charge is 2.43. The summed E-state index contributed by atoms with van der Waals surface area (Å²) < 4.78 is 12.3. The molecule has 0 saturated carbocycles. The number of hydrogen-bond donors (Lipinski definition) is 0. The summed E-state index contributed by atoms with van der Waals surface area (Å²) in [5.74, 6) is 0. The molecule has 22 heavy (non-hydrogen) atoms. The molecule has 1 atom stereocenters. The van der Waals surface area contributed by atoms with Crippen molar-refractivity contribution in [2.45, 2.75) is 90.3 Å². The molecule has 0 heterocycles. The zero-order valence-corrected chi connectivity index (χ0v) is 18.4. The van der Waals surface area contributed by atoms with Crippen LogP contribution in [0.3, 0.4) is 0 Å². The molecule has 0 fully saturated rings. The first kappa shape index (κ1) is 21.4. The maximum Gasteiger partial charge on any atom is 0.249 e. The molecule has 0 N–H and O–H groups in total. The third kappa shape index (κ3) is 5.56. The molecule has 0 rings (SSSR count). The minimum Gasteiger partial charge on any atom is -0.549 e. The Kier molecular flexibility index (Phi) is 6.33. The summed E-state index contributed by atoms with van der Waals surface area (Å²) in [6.45, 7) is 23.6. The molecule has 0 aromatic rings. The van der Waals surface area contributed by atoms with E-state index in [0.29, 0.717) is 0 Å². The lowest BCUT2D eigenvalue weighted by Gasteiger charge is -2.40. The fraction of sp³-hybridized carbons (Fsp3) is 0.824. The van der Waals surface area contributed by atoms with Gasteiger partial charge in [-0.25, -0.2) is 0 Å². The van der Waals surface area contributed by atoms with Gasteiger partial charge in [0.15, 0.2) is 13.9 Å². The van der Waals surface area contributed by atoms with Crippen molar-refractivity contribution in [3.63, 3.8) is 0 Å². The predicted octanol–water partition coefficient (Wildman–Crippen LogP) is 5.83. The van der Waals surface area contributed by atoms with E-state index in [4.69, 9.17) is 8.85 Å². The van der Waals surface area contributed by atoms with Gasteiger partial charge in [-0.05, 0) is 49.3 Å². The second-order valence-corrected chi connectivity index (χ2v) is 18.7. The first-order valence-electron chi connectivity index (χ1n) is 7.94. The third-order valence-electron chi connectivity index (χ3n) is 5.05. The van der Waals surface area contributed by atoms with Crippen LogP contribution in [0.5, 0.6) is 0 Å². The molecular formula is C17H35NO2Si2. The topological polar surface area (TPSA) is 42.2 Å². The van der Waals surface area contributed by atoms with Crippen molar-refractivity contribution in [3.8, 4) is 6.07 Å². The Balaban J connectivity index is 5.15. The van der Waals surface area contributed by atoms with E-state index in [9.17, 15) is 5.26 Å². The normalized spacial score (nSPS) is 17.2. The van der Waals surface area contributed by atoms with Crippen LogP contribution in [0.2, 0.25) is 36.3 Å². The second kappa shape index (κ2) is 6.50. The van der Waals surface area contributed by atoms with Gasteiger partial charge in [0.1, 0.15) is 6.07 Å². The van der Waals surface area contributed by atoms with Crippen LogP contribution in [0.1, 0.15) is 48.5 Å². The minimum absolute atomic E-state index is 0.0687. The fourth-order valence-electron chi connectivity index (χ4n) is 1.29. The van der Waals surface area contributed by atoms with Crippen LogP contribution in [0.4, 0.5) is 0 Å². The number of nitrogens with zero attached hydrogens (tertiary/aromatic N) is 1. The number of hydrogen-bond acceptors (Lipinski definition) is 3. The van der Waals surface area contributed by atoms with Gasteiger partial charge < -0.3 is 8.85 Å². The van der Waals surface area contributed by atoms with E-state index in [-0.39, 0.29) is 10.1 Å². The summed E-state index contributed by atoms with van der Waals surface area (Å²) >= 11 is 0. The highest BCUT2D eigenvalue weighted by Crippen LogP contribution is 2.40. The zero-order valence-electron chi connectivity index (χ0n) is 16.4. The van der Waals surface area contributed by atoms with Crippen LogP contribution in [0.25, 0.3) is 0 Å². The van der Waals surface area contributed by atoms with E-state index in [1.54, 1.807) is 12.3 Å². The molecule has 0 spiro atoms. The van der Waals surface area contributed by atoms with Crippen LogP contribution >= 0.6 is 0 Å². The quantitative estimate of drug-likeness (QED) is 0.467. The van der Waals surface area contributed by atoms with Gasteiger partial charge in [0.25, 0.3) is 0 Å². The Hall–Kier alpha value is -0.576. The Morgan fingerprint density at radius 2 is 1.23 bits per heavy atom. The van der Waals surface area contributed by atoms with E-state index in [1.807, 2.05) is 6.92 Å². The molecule has 0 bridgehead atoms. The largest absolute Gasteiger partial charge is 0.549 e. The van der Waals surface area contributed by atoms with E-state index in [0.717, 1.165) is 0 Å². The summed E-state index contributed by atoms with van der Waals surface area (Å²) in [6, 6.07) is 2.29. The lowest BCUT2D eigenvalue weighted by molar-refractivity contribution is 0.175. The Morgan fingerprint density at radius 3 is 1.55 bits per heavy atom. The molecule has 0 aromatic carbocycles. The summed E-state index contributed by atoms with van der Waals surface area (Å²) in [7, 11) is -3.86. The minimum atomic E-state index is -2.01. The maximum atomic E-state index is 9.56. The molecule has 0 saturated heterocycles. The van der Waals surface area contributed by atoms with Crippen LogP contribution in [-0.4, -0.2) is 22.2 Å². The lowest BCUT2D eigenvalue weighted by Crippen LogP contribution is -2.47. The molecule has 3 nitrogen and oxygen atoms in total. The highest BCUT2D eigenvalue weighted by atomic mass is 28.4. The van der Waals surface area contributed by atoms with Crippen molar-refractivity contribution in [2.24, 2.45) is 0 Å². The van der Waals surface area contributed by atoms with Crippen molar-refractivity contribution in [2.75, 3.05) is 0 Å². The van der Waals surface area contributed by atoms with E-state index >= 15 is 0 Å². The maximum absolute atomic E-state index is 9.56. The zero-order chi connectivity index (χ0) is 18.0. The van der Waals surface area contributed by atoms with Gasteiger partial charge in [0.2, 0.25) is 8.32 Å². The van der Waals surface area contributed by atoms with Crippen LogP contribution in [0, 0.1) is 11.3 Å². The molecule has 5 heteroatoms. The van der Waals surface area contributed by atoms with Crippen molar-refractivity contribution < 1.29 is 8.85 Å². The van der Waals surface area contributed by atoms with Crippen LogP contribution in [-0.2, 0) is 8.85 Å². The molecule has 128 valence electrons. The average Bonchev–Trinajstić information content (AvgIpc) is 2.24. The van der Waals surface area contributed by atoms with Gasteiger partial charge in [0, 0.05) is 0 Å². The Bertz CT molecular complexity index is 451. The monoisotopic (exact) mass is 341 g/mol. The van der Waals surface area contributed by atoms with Crippen LogP contribution in [0.15, 0.2) is 12.3 Å². The first-order chi connectivity index (χ1) is 9.47. The molecule has 1 unspecified atom stereocenters. The Morgan fingerprint density at radius 1 is 0.818 bits per heavy atom. The molecule has 0 aliphatic heterocycles. The van der Waals surface area contributed by atoms with Crippen LogP contribution < -0.4 is 0 Å². The van der Waals surface area contributed by atoms with Crippen molar-refractivity contribution in [3.05, 3.63) is 12.3 Å². The first-order valence-corrected chi connectivity index (χ1v) is 13.8. The van der Waals surface area contributed by atoms with E-state index in [1.165, 1.54) is 0 Å². The third-order valence-corrected chi connectivity index (χ3v) is 13.9. The fourth-order valence-corrected chi connectivity index (χ4v) is 3.53. The van der Waals surface area contributed by atoms with Gasteiger partial charge >= 0.3 is 0 Å². The van der Waals surface area contributed by atoms with Crippen molar-refractivity contribution in [1.29, 1.82) is 5.26 Å². The van der Waals surface area contributed by atoms with Gasteiger partial charge in [-0.3, -0.25) is 0 Å². The molecule has 0 amide bonds. The van der Waals surface area contributed by atoms with Gasteiger partial charge in [0.05, 0.1) is 6.26 Å². The van der Waals surface area contributed by atoms with E-state index < -0.39 is 22.2 Å². The molecule has 0 radical (unpaired) electrons. The van der Waals surface area contributed by atoms with Gasteiger partial charge in [-0.15, -0.1) is 0 Å². The highest BCUT2D eigenvalue weighted by molar-refractivity contribution is 6.74. The smallest absolute Gasteiger partial charge is 0.249 e. The number of rotatable bonds is 5. The summed E-state index contributed by atoms with van der Waals surface area (Å²) in [5.41, 5.74) is -0.939. The summed E-state index contributed by atoms with van der Waals surface area (Å²) in [5, 5.41) is 9.76. The predicted molar refractivity (Wildman–Crippen MR) is 99.7 cm³/mol. The average molecular weight is 342 g/mol. The van der Waals surface area contributed by atoms with Gasteiger partial charge in [-0.1, -0.05) is 41.5 Å². The van der Waals surface area contributed by atoms with Crippen molar-refractivity contribution in [1.82, 2.24) is 0 Å². The molecular weight excluding hydrogens is 306 g/mol. The standard InChI is InChI=1S/C17H35NO2Si2/c1-15(2,3)21(8,9)19-13-12-17(7,14-18)20-22(10,11)16(4,5)6/h12-13H,1-11H3/b13-12+. The Labute approximate surface area is 140 Å². The van der Waals surface area contributed by atoms with Crippen molar-refractivity contribution >= 4 is 16.6 Å².